The Morgan fingerprint density at radius 1 is 0.220 bits per heavy atom. The third-order valence-corrected chi connectivity index (χ3v) is 11.1. The van der Waals surface area contributed by atoms with Crippen molar-refractivity contribution in [1.82, 2.24) is 0 Å². The fourth-order valence-electron chi connectivity index (χ4n) is 7.75. The van der Waals surface area contributed by atoms with Crippen LogP contribution in [0.4, 0.5) is 0 Å². The van der Waals surface area contributed by atoms with Crippen LogP contribution >= 0.6 is 0 Å². The summed E-state index contributed by atoms with van der Waals surface area (Å²) < 4.78 is 0. The predicted octanol–water partition coefficient (Wildman–Crippen LogP) is 11.2. The summed E-state index contributed by atoms with van der Waals surface area (Å²) in [5.74, 6) is 0. The Hall–Kier alpha value is -4.94. The van der Waals surface area contributed by atoms with Gasteiger partial charge in [-0.2, -0.15) is 0 Å². The Labute approximate surface area is 299 Å². The van der Waals surface area contributed by atoms with Crippen molar-refractivity contribution in [3.63, 3.8) is 0 Å². The van der Waals surface area contributed by atoms with Gasteiger partial charge in [0.05, 0.1) is 0 Å². The van der Waals surface area contributed by atoms with Crippen molar-refractivity contribution in [2.45, 2.75) is 77.0 Å². The van der Waals surface area contributed by atoms with Gasteiger partial charge in [0, 0.05) is 0 Å². The van der Waals surface area contributed by atoms with Crippen LogP contribution in [-0.4, -0.2) is 0 Å². The van der Waals surface area contributed by atoms with Crippen molar-refractivity contribution >= 4 is 12.2 Å². The van der Waals surface area contributed by atoms with Crippen molar-refractivity contribution in [2.24, 2.45) is 0 Å². The Morgan fingerprint density at radius 2 is 0.420 bits per heavy atom. The Bertz CT molecular complexity index is 1900. The molecule has 0 saturated heterocycles. The first-order valence-electron chi connectivity index (χ1n) is 18.9. The van der Waals surface area contributed by atoms with E-state index in [0.717, 1.165) is 77.0 Å². The second-order valence-electron chi connectivity index (χ2n) is 14.7. The first-order valence-corrected chi connectivity index (χ1v) is 18.9. The maximum absolute atomic E-state index is 2.46. The maximum atomic E-state index is 2.46. The highest BCUT2D eigenvalue weighted by molar-refractivity contribution is 5.73. The van der Waals surface area contributed by atoms with Crippen LogP contribution in [0.5, 0.6) is 0 Å². The molecule has 12 bridgehead atoms. The zero-order valence-corrected chi connectivity index (χ0v) is 29.3. The summed E-state index contributed by atoms with van der Waals surface area (Å²) in [5, 5.41) is 0. The third-order valence-electron chi connectivity index (χ3n) is 11.1. The van der Waals surface area contributed by atoms with E-state index >= 15 is 0 Å². The summed E-state index contributed by atoms with van der Waals surface area (Å²) in [4.78, 5) is 0. The number of aryl methyl sites for hydroxylation is 12. The molecule has 0 saturated carbocycles. The maximum Gasteiger partial charge on any atom is -0.0221 e. The fraction of sp³-hybridized carbons (Fsp3) is 0.240. The number of hydrogen-bond donors (Lipinski definition) is 0. The Kier molecular flexibility index (Phi) is 9.88. The summed E-state index contributed by atoms with van der Waals surface area (Å²) in [6.07, 6.45) is 17.7. The zero-order chi connectivity index (χ0) is 33.5. The molecule has 0 amide bonds. The highest BCUT2D eigenvalue weighted by Gasteiger charge is 2.09. The molecular formula is C50H48. The molecular weight excluding hydrogens is 601 g/mol. The SMILES string of the molecule is C(=C/c1cc2ccc1CCc1ccc(cc1)CCc1ccc(cc1)CC2)/c1cc2ccc1CCc1ccc(cc1)CCc1ccc(cc1)CC2. The minimum Gasteiger partial charge on any atom is -0.0588 e. The molecule has 0 aromatic heterocycles. The van der Waals surface area contributed by atoms with Gasteiger partial charge in [-0.25, -0.2) is 0 Å². The average Bonchev–Trinajstić information content (AvgIpc) is 3.17. The summed E-state index contributed by atoms with van der Waals surface area (Å²) in [5.41, 5.74) is 19.8. The van der Waals surface area contributed by atoms with E-state index in [1.165, 1.54) is 77.9 Å². The van der Waals surface area contributed by atoms with E-state index in [-0.39, 0.29) is 0 Å². The molecule has 0 heteroatoms. The van der Waals surface area contributed by atoms with Gasteiger partial charge in [0.2, 0.25) is 0 Å². The molecule has 6 aromatic rings. The molecule has 0 spiro atoms. The first-order chi connectivity index (χ1) is 24.7. The van der Waals surface area contributed by atoms with E-state index < -0.39 is 0 Å². The Morgan fingerprint density at radius 3 is 0.680 bits per heavy atom. The number of rotatable bonds is 2. The quantitative estimate of drug-likeness (QED) is 0.164. The van der Waals surface area contributed by atoms with Gasteiger partial charge in [-0.3, -0.25) is 0 Å². The third kappa shape index (κ3) is 8.26. The van der Waals surface area contributed by atoms with Gasteiger partial charge in [0.25, 0.3) is 0 Å². The second-order valence-corrected chi connectivity index (χ2v) is 14.7. The van der Waals surface area contributed by atoms with Gasteiger partial charge in [-0.1, -0.05) is 146 Å². The van der Waals surface area contributed by atoms with Gasteiger partial charge in [-0.05, 0) is 155 Å². The molecule has 12 aliphatic rings. The molecule has 248 valence electrons. The van der Waals surface area contributed by atoms with Crippen molar-refractivity contribution in [2.75, 3.05) is 0 Å². The van der Waals surface area contributed by atoms with Crippen LogP contribution < -0.4 is 0 Å². The van der Waals surface area contributed by atoms with E-state index in [4.69, 9.17) is 0 Å². The lowest BCUT2D eigenvalue weighted by Gasteiger charge is -2.13. The van der Waals surface area contributed by atoms with Crippen LogP contribution in [-0.2, 0) is 77.0 Å². The van der Waals surface area contributed by atoms with Gasteiger partial charge in [0.1, 0.15) is 0 Å². The molecule has 18 rings (SSSR count). The largest absolute Gasteiger partial charge is 0.0588 e. The Balaban J connectivity index is 1.11. The van der Waals surface area contributed by atoms with Crippen LogP contribution in [0.15, 0.2) is 133 Å². The van der Waals surface area contributed by atoms with Crippen LogP contribution in [0.3, 0.4) is 0 Å². The molecule has 0 N–H and O–H groups in total. The molecule has 6 aromatic carbocycles. The standard InChI is InChI=1S/C50H48/c1-3-39-13-17-43(18-14-39)25-29-47-31-27-45(23-21-41-9-5-37(1)6-10-41)35-49(47)33-34-50-36-46-24-22-42-11-7-38(8-12-42)2-4-40-15-19-44(20-16-40)26-30-48(50)32-28-46/h5-20,27-28,31-36H,1-4,21-26,29-30H2/b34-33-. The number of benzene rings is 6. The first kappa shape index (κ1) is 32.3. The minimum atomic E-state index is 1.04. The summed E-state index contributed by atoms with van der Waals surface area (Å²) in [6, 6.07) is 51.9. The molecule has 50 heavy (non-hydrogen) atoms. The van der Waals surface area contributed by atoms with Gasteiger partial charge < -0.3 is 0 Å². The summed E-state index contributed by atoms with van der Waals surface area (Å²) in [7, 11) is 0. The molecule has 12 aliphatic carbocycles. The monoisotopic (exact) mass is 648 g/mol. The number of hydrogen-bond acceptors (Lipinski definition) is 0. The normalized spacial score (nSPS) is 15.0. The summed E-state index contributed by atoms with van der Waals surface area (Å²) in [6.45, 7) is 0. The van der Waals surface area contributed by atoms with Crippen LogP contribution in [0.25, 0.3) is 12.2 Å². The minimum absolute atomic E-state index is 1.04. The van der Waals surface area contributed by atoms with Crippen molar-refractivity contribution < 1.29 is 0 Å². The van der Waals surface area contributed by atoms with E-state index in [1.807, 2.05) is 0 Å². The zero-order valence-electron chi connectivity index (χ0n) is 29.3. The van der Waals surface area contributed by atoms with Gasteiger partial charge in [0.15, 0.2) is 0 Å². The molecule has 0 unspecified atom stereocenters. The molecule has 0 aliphatic heterocycles. The molecule has 0 heterocycles. The van der Waals surface area contributed by atoms with Crippen molar-refractivity contribution in [3.05, 3.63) is 211 Å². The second kappa shape index (κ2) is 15.3. The van der Waals surface area contributed by atoms with Crippen molar-refractivity contribution in [3.8, 4) is 0 Å². The van der Waals surface area contributed by atoms with E-state index in [1.54, 1.807) is 0 Å². The lowest BCUT2D eigenvalue weighted by molar-refractivity contribution is 0.919. The van der Waals surface area contributed by atoms with Crippen LogP contribution in [0.1, 0.15) is 77.9 Å². The predicted molar refractivity (Wildman–Crippen MR) is 212 cm³/mol. The molecule has 0 fully saturated rings. The lowest BCUT2D eigenvalue weighted by Crippen LogP contribution is -2.00. The van der Waals surface area contributed by atoms with Gasteiger partial charge >= 0.3 is 0 Å². The van der Waals surface area contributed by atoms with Gasteiger partial charge in [-0.15, -0.1) is 0 Å². The highest BCUT2D eigenvalue weighted by atomic mass is 14.1. The van der Waals surface area contributed by atoms with E-state index in [9.17, 15) is 0 Å². The van der Waals surface area contributed by atoms with E-state index in [2.05, 4.69) is 146 Å². The van der Waals surface area contributed by atoms with Crippen LogP contribution in [0, 0.1) is 0 Å². The average molecular weight is 649 g/mol. The summed E-state index contributed by atoms with van der Waals surface area (Å²) >= 11 is 0. The van der Waals surface area contributed by atoms with E-state index in [0.29, 0.717) is 0 Å². The topological polar surface area (TPSA) is 0 Å². The molecule has 0 atom stereocenters. The molecule has 0 radical (unpaired) electrons. The van der Waals surface area contributed by atoms with Crippen molar-refractivity contribution in [1.29, 1.82) is 0 Å². The fourth-order valence-corrected chi connectivity index (χ4v) is 7.75. The lowest BCUT2D eigenvalue weighted by atomic mass is 9.92. The van der Waals surface area contributed by atoms with Crippen LogP contribution in [0.2, 0.25) is 0 Å². The smallest absolute Gasteiger partial charge is 0.0221 e. The molecule has 0 nitrogen and oxygen atoms in total. The highest BCUT2D eigenvalue weighted by Crippen LogP contribution is 2.24.